The Kier molecular flexibility index (Phi) is 12.7. The van der Waals surface area contributed by atoms with Crippen molar-refractivity contribution in [2.45, 2.75) is 93.8 Å². The molecule has 0 atom stereocenters. The molecule has 75 heavy (non-hydrogen) atoms. The van der Waals surface area contributed by atoms with Crippen molar-refractivity contribution < 1.29 is 54.5 Å². The lowest BCUT2D eigenvalue weighted by Crippen LogP contribution is -2.52. The predicted molar refractivity (Wildman–Crippen MR) is 280 cm³/mol. The first-order chi connectivity index (χ1) is 35.7. The zero-order chi connectivity index (χ0) is 53.6. The third kappa shape index (κ3) is 8.13. The summed E-state index contributed by atoms with van der Waals surface area (Å²) in [6.45, 7) is 9.39. The number of rotatable bonds is 14. The van der Waals surface area contributed by atoms with Gasteiger partial charge >= 0.3 is 25.1 Å². The topological polar surface area (TPSA) is 122 Å². The average Bonchev–Trinajstić information content (AvgIpc) is 3.83. The molecule has 17 heteroatoms. The normalized spacial score (nSPS) is 14.5. The molecule has 0 spiro atoms. The van der Waals surface area contributed by atoms with E-state index in [9.17, 15) is 32.3 Å². The minimum Gasteiger partial charge on any atom is -0.494 e. The van der Waals surface area contributed by atoms with E-state index in [0.717, 1.165) is 44.0 Å². The van der Waals surface area contributed by atoms with Gasteiger partial charge in [0.05, 0.1) is 36.5 Å². The fraction of sp³-hybridized carbons (Fsp3) is 0.293. The Balaban J connectivity index is 0.866. The predicted octanol–water partition coefficient (Wildman–Crippen LogP) is 12.8. The molecule has 0 N–H and O–H groups in total. The highest BCUT2D eigenvalue weighted by Crippen LogP contribution is 2.49. The molecule has 2 aliphatic rings. The summed E-state index contributed by atoms with van der Waals surface area (Å²) in [7, 11) is 0. The Morgan fingerprint density at radius 3 is 1.95 bits per heavy atom. The van der Waals surface area contributed by atoms with Gasteiger partial charge in [-0.25, -0.2) is 9.59 Å². The van der Waals surface area contributed by atoms with Crippen LogP contribution in [-0.2, 0) is 27.0 Å². The fourth-order valence-electron chi connectivity index (χ4n) is 11.6. The van der Waals surface area contributed by atoms with E-state index in [1.165, 1.54) is 30.5 Å². The summed E-state index contributed by atoms with van der Waals surface area (Å²) < 4.78 is 101. The summed E-state index contributed by atoms with van der Waals surface area (Å²) in [6, 6.07) is 21.0. The summed E-state index contributed by atoms with van der Waals surface area (Å²) in [6.07, 6.45) is -1.80. The number of carbonyl (C=O) groups excluding carboxylic acids is 2. The number of hydrogen-bond donors (Lipinski definition) is 0. The van der Waals surface area contributed by atoms with Gasteiger partial charge in [-0.2, -0.15) is 13.2 Å². The SMILES string of the molecule is CCOC(=O)C1=C(C)C2=C(c3c(C)cc(OCCCCCCn4c(=O)c5ccc6oc7ccc(-c8ccc(C(F)(F)F)cc8)cc7c7ccc(c4=O)c5c67)cc3C)c3c(C)c(C(=O)OCC)c(C)n3[B-](F)(F)[N+]2=C1C. The van der Waals surface area contributed by atoms with Gasteiger partial charge < -0.3 is 36.2 Å². The summed E-state index contributed by atoms with van der Waals surface area (Å²) in [5.74, 6) is -0.830. The number of alkyl halides is 3. The Morgan fingerprint density at radius 2 is 1.29 bits per heavy atom. The molecule has 5 heterocycles. The molecule has 3 aromatic heterocycles. The zero-order valence-corrected chi connectivity index (χ0v) is 42.7. The van der Waals surface area contributed by atoms with Crippen molar-refractivity contribution in [1.82, 2.24) is 9.05 Å². The second kappa shape index (κ2) is 18.8. The molecule has 0 saturated heterocycles. The number of aromatic nitrogens is 2. The Bertz CT molecular complexity index is 3900. The van der Waals surface area contributed by atoms with E-state index in [4.69, 9.17) is 18.6 Å². The van der Waals surface area contributed by atoms with Crippen molar-refractivity contribution in [3.8, 4) is 16.9 Å². The van der Waals surface area contributed by atoms with Crippen molar-refractivity contribution in [1.29, 1.82) is 0 Å². The first-order valence-electron chi connectivity index (χ1n) is 25.1. The van der Waals surface area contributed by atoms with Crippen molar-refractivity contribution in [3.63, 3.8) is 0 Å². The Morgan fingerprint density at radius 1 is 0.693 bits per heavy atom. The molecular weight excluding hydrogens is 972 g/mol. The molecule has 2 aliphatic heterocycles. The quantitative estimate of drug-likeness (QED) is 0.0264. The van der Waals surface area contributed by atoms with Gasteiger partial charge in [-0.15, -0.1) is 0 Å². The lowest BCUT2D eigenvalue weighted by atomic mass is 9.81. The number of pyridine rings is 1. The molecule has 0 unspecified atom stereocenters. The van der Waals surface area contributed by atoms with Gasteiger partial charge in [-0.1, -0.05) is 37.1 Å². The highest BCUT2D eigenvalue weighted by atomic mass is 19.4. The van der Waals surface area contributed by atoms with Crippen LogP contribution in [0.25, 0.3) is 60.2 Å². The molecule has 10 rings (SSSR count). The van der Waals surface area contributed by atoms with Gasteiger partial charge in [0.15, 0.2) is 5.70 Å². The number of carbonyl (C=O) groups is 2. The standard InChI is InChI=1S/C58H53BF5N3O8/c1-9-72-56(70)47-32(5)52-51(53-33(6)48(57(71)73-10-2)35(8)67(53)59(63,64)66(52)34(47)7)46-30(3)27-39(28-31(46)4)74-26-14-12-11-13-25-65-54(68)41-21-20-40-43-29-37(36-15-18-38(19-16-36)58(60,61)62)17-23-44(43)75-45-24-22-42(55(65)69)49(41)50(40)45/h15-24,27-29H,9-14,25-26H2,1-8H3. The smallest absolute Gasteiger partial charge is 0.494 e. The maximum Gasteiger partial charge on any atom is 0.737 e. The molecule has 11 nitrogen and oxygen atoms in total. The molecule has 0 aliphatic carbocycles. The molecule has 0 fully saturated rings. The monoisotopic (exact) mass is 1030 g/mol. The van der Waals surface area contributed by atoms with E-state index in [1.54, 1.807) is 58.0 Å². The van der Waals surface area contributed by atoms with Crippen molar-refractivity contribution >= 4 is 73.7 Å². The van der Waals surface area contributed by atoms with Crippen molar-refractivity contribution in [2.75, 3.05) is 19.8 Å². The maximum absolute atomic E-state index is 17.2. The number of allylic oxidation sites excluding steroid dienone is 1. The van der Waals surface area contributed by atoms with Crippen LogP contribution >= 0.6 is 0 Å². The Labute approximate surface area is 427 Å². The van der Waals surface area contributed by atoms with E-state index >= 15 is 8.63 Å². The number of benzene rings is 5. The number of hydrogen-bond acceptors (Lipinski definition) is 8. The molecule has 0 bridgehead atoms. The third-order valence-corrected chi connectivity index (χ3v) is 14.9. The molecule has 386 valence electrons. The first-order valence-corrected chi connectivity index (χ1v) is 25.1. The summed E-state index contributed by atoms with van der Waals surface area (Å²) in [4.78, 5) is 54.8. The molecule has 8 aromatic rings. The van der Waals surface area contributed by atoms with Crippen molar-refractivity contribution in [2.24, 2.45) is 0 Å². The number of aryl methyl sites for hydroxylation is 2. The van der Waals surface area contributed by atoms with Gasteiger partial charge in [0, 0.05) is 51.7 Å². The second-order valence-corrected chi connectivity index (χ2v) is 19.4. The summed E-state index contributed by atoms with van der Waals surface area (Å²) >= 11 is 0. The van der Waals surface area contributed by atoms with E-state index in [-0.39, 0.29) is 53.7 Å². The average molecular weight is 1030 g/mol. The Hall–Kier alpha value is -7.82. The molecule has 0 amide bonds. The van der Waals surface area contributed by atoms with E-state index in [0.29, 0.717) is 103 Å². The third-order valence-electron chi connectivity index (χ3n) is 14.9. The van der Waals surface area contributed by atoms with Gasteiger partial charge in [0.1, 0.15) is 28.2 Å². The van der Waals surface area contributed by atoms with Gasteiger partial charge in [0.2, 0.25) is 0 Å². The fourth-order valence-corrected chi connectivity index (χ4v) is 11.6. The summed E-state index contributed by atoms with van der Waals surface area (Å²) in [5.41, 5.74) is 4.54. The highest BCUT2D eigenvalue weighted by Gasteiger charge is 2.58. The van der Waals surface area contributed by atoms with Crippen LogP contribution in [0.3, 0.4) is 0 Å². The molecule has 5 aromatic carbocycles. The first kappa shape index (κ1) is 50.7. The number of fused-ring (bicyclic) bond motifs is 4. The zero-order valence-electron chi connectivity index (χ0n) is 42.7. The van der Waals surface area contributed by atoms with Crippen LogP contribution in [0.5, 0.6) is 5.75 Å². The van der Waals surface area contributed by atoms with Gasteiger partial charge in [0.25, 0.3) is 11.1 Å². The number of ether oxygens (including phenoxy) is 3. The van der Waals surface area contributed by atoms with Gasteiger partial charge in [-0.05, 0) is 160 Å². The van der Waals surface area contributed by atoms with Crippen LogP contribution in [0, 0.1) is 27.7 Å². The largest absolute Gasteiger partial charge is 0.737 e. The summed E-state index contributed by atoms with van der Waals surface area (Å²) in [5, 5.41) is 3.31. The van der Waals surface area contributed by atoms with Crippen LogP contribution in [0.4, 0.5) is 21.8 Å². The number of esters is 2. The van der Waals surface area contributed by atoms with Crippen molar-refractivity contribution in [3.05, 3.63) is 161 Å². The number of halogens is 5. The van der Waals surface area contributed by atoms with E-state index in [1.807, 2.05) is 38.1 Å². The van der Waals surface area contributed by atoms with Crippen LogP contribution in [0.15, 0.2) is 110 Å². The van der Waals surface area contributed by atoms with Gasteiger partial charge in [-0.3, -0.25) is 14.2 Å². The minimum atomic E-state index is -4.61. The molecule has 0 radical (unpaired) electrons. The van der Waals surface area contributed by atoms with Crippen LogP contribution in [-0.4, -0.2) is 58.0 Å². The highest BCUT2D eigenvalue weighted by molar-refractivity contribution is 6.59. The van der Waals surface area contributed by atoms with Crippen LogP contribution in [0.1, 0.15) is 103 Å². The number of unbranched alkanes of at least 4 members (excludes halogenated alkanes) is 3. The van der Waals surface area contributed by atoms with Crippen LogP contribution in [0.2, 0.25) is 0 Å². The molecule has 0 saturated carbocycles. The lowest BCUT2D eigenvalue weighted by molar-refractivity contribution is -0.363. The van der Waals surface area contributed by atoms with E-state index in [2.05, 4.69) is 0 Å². The lowest BCUT2D eigenvalue weighted by Gasteiger charge is -2.34. The minimum absolute atomic E-state index is 0.0521. The second-order valence-electron chi connectivity index (χ2n) is 19.4. The van der Waals surface area contributed by atoms with Crippen LogP contribution < -0.4 is 15.9 Å². The maximum atomic E-state index is 17.2. The number of nitrogens with zero attached hydrogens (tertiary/aromatic N) is 3. The van der Waals surface area contributed by atoms with E-state index < -0.39 is 41.8 Å². The molecular formula is C58H53BF5N3O8.